The van der Waals surface area contributed by atoms with Gasteiger partial charge in [0.05, 0.1) is 17.8 Å². The number of amides is 1. The third-order valence-corrected chi connectivity index (χ3v) is 5.01. The number of aromatic amines is 1. The van der Waals surface area contributed by atoms with Crippen LogP contribution in [0.25, 0.3) is 11.4 Å². The van der Waals surface area contributed by atoms with E-state index in [-0.39, 0.29) is 11.5 Å². The Morgan fingerprint density at radius 2 is 1.85 bits per heavy atom. The van der Waals surface area contributed by atoms with E-state index in [9.17, 15) is 9.59 Å². The summed E-state index contributed by atoms with van der Waals surface area (Å²) in [5, 5.41) is 0. The maximum Gasteiger partial charge on any atom is 0.256 e. The lowest BCUT2D eigenvalue weighted by molar-refractivity contribution is 0.0732. The molecule has 4 rings (SSSR count). The van der Waals surface area contributed by atoms with E-state index in [1.54, 1.807) is 17.0 Å². The van der Waals surface area contributed by atoms with Gasteiger partial charge < -0.3 is 9.88 Å². The van der Waals surface area contributed by atoms with Crippen LogP contribution in [-0.4, -0.2) is 27.3 Å². The summed E-state index contributed by atoms with van der Waals surface area (Å²) >= 11 is 0. The molecule has 0 saturated carbocycles. The third-order valence-electron chi connectivity index (χ3n) is 5.01. The number of carbonyl (C=O) groups is 1. The molecule has 1 aromatic heterocycles. The molecule has 5 heteroatoms. The molecule has 2 aromatic carbocycles. The predicted molar refractivity (Wildman–Crippen MR) is 105 cm³/mol. The molecule has 0 saturated heterocycles. The fraction of sp³-hybridized carbons (Fsp3) is 0.227. The Labute approximate surface area is 157 Å². The summed E-state index contributed by atoms with van der Waals surface area (Å²) in [4.78, 5) is 34.6. The van der Waals surface area contributed by atoms with Crippen molar-refractivity contribution in [3.8, 4) is 11.4 Å². The number of rotatable bonds is 3. The number of aromatic nitrogens is 2. The highest BCUT2D eigenvalue weighted by molar-refractivity contribution is 5.94. The molecule has 136 valence electrons. The zero-order valence-corrected chi connectivity index (χ0v) is 15.2. The van der Waals surface area contributed by atoms with Gasteiger partial charge in [-0.25, -0.2) is 4.98 Å². The van der Waals surface area contributed by atoms with E-state index in [2.05, 4.69) is 29.0 Å². The van der Waals surface area contributed by atoms with Crippen molar-refractivity contribution in [1.29, 1.82) is 0 Å². The minimum Gasteiger partial charge on any atom is -0.334 e. The maximum absolute atomic E-state index is 12.7. The quantitative estimate of drug-likeness (QED) is 0.781. The van der Waals surface area contributed by atoms with Crippen LogP contribution in [0.4, 0.5) is 0 Å². The summed E-state index contributed by atoms with van der Waals surface area (Å²) < 4.78 is 0. The number of hydrogen-bond acceptors (Lipinski definition) is 3. The second-order valence-electron chi connectivity index (χ2n) is 6.73. The number of benzene rings is 2. The van der Waals surface area contributed by atoms with Crippen LogP contribution in [0.2, 0.25) is 0 Å². The average Bonchev–Trinajstić information content (AvgIpc) is 2.73. The Kier molecular flexibility index (Phi) is 4.59. The SMILES string of the molecule is CCc1ccc(-c2nc3c(c(=O)[nH]2)CN(C(=O)c2ccccc2)CC3)cc1. The van der Waals surface area contributed by atoms with Crippen molar-refractivity contribution in [2.75, 3.05) is 6.54 Å². The van der Waals surface area contributed by atoms with Gasteiger partial charge in [-0.05, 0) is 24.1 Å². The molecule has 1 aliphatic rings. The second-order valence-corrected chi connectivity index (χ2v) is 6.73. The molecule has 2 heterocycles. The molecular formula is C22H21N3O2. The first-order chi connectivity index (χ1) is 13.2. The molecular weight excluding hydrogens is 338 g/mol. The highest BCUT2D eigenvalue weighted by Crippen LogP contribution is 2.20. The van der Waals surface area contributed by atoms with Crippen molar-refractivity contribution in [1.82, 2.24) is 14.9 Å². The number of nitrogens with one attached hydrogen (secondary N) is 1. The molecule has 1 amide bonds. The maximum atomic E-state index is 12.7. The molecule has 0 radical (unpaired) electrons. The normalized spacial score (nSPS) is 13.3. The van der Waals surface area contributed by atoms with Crippen LogP contribution in [0.1, 0.15) is 34.1 Å². The van der Waals surface area contributed by atoms with Crippen molar-refractivity contribution < 1.29 is 4.79 Å². The topological polar surface area (TPSA) is 66.1 Å². The van der Waals surface area contributed by atoms with Crippen LogP contribution in [0, 0.1) is 0 Å². The van der Waals surface area contributed by atoms with Crippen LogP contribution >= 0.6 is 0 Å². The Morgan fingerprint density at radius 3 is 2.56 bits per heavy atom. The summed E-state index contributed by atoms with van der Waals surface area (Å²) in [5.74, 6) is 0.532. The van der Waals surface area contributed by atoms with E-state index in [1.807, 2.05) is 30.3 Å². The molecule has 1 aliphatic heterocycles. The standard InChI is InChI=1S/C22H21N3O2/c1-2-15-8-10-16(11-9-15)20-23-19-12-13-25(14-18(19)21(26)24-20)22(27)17-6-4-3-5-7-17/h3-11H,2,12-14H2,1H3,(H,23,24,26). The predicted octanol–water partition coefficient (Wildman–Crippen LogP) is 3.20. The first kappa shape index (κ1) is 17.2. The van der Waals surface area contributed by atoms with Gasteiger partial charge in [-0.2, -0.15) is 0 Å². The summed E-state index contributed by atoms with van der Waals surface area (Å²) in [6, 6.07) is 17.2. The molecule has 0 unspecified atom stereocenters. The highest BCUT2D eigenvalue weighted by Gasteiger charge is 2.25. The van der Waals surface area contributed by atoms with E-state index >= 15 is 0 Å². The summed E-state index contributed by atoms with van der Waals surface area (Å²) in [6.07, 6.45) is 1.55. The van der Waals surface area contributed by atoms with E-state index in [1.165, 1.54) is 5.56 Å². The van der Waals surface area contributed by atoms with E-state index < -0.39 is 0 Å². The number of fused-ring (bicyclic) bond motifs is 1. The molecule has 5 nitrogen and oxygen atoms in total. The summed E-state index contributed by atoms with van der Waals surface area (Å²) in [7, 11) is 0. The zero-order valence-electron chi connectivity index (χ0n) is 15.2. The van der Waals surface area contributed by atoms with Crippen LogP contribution < -0.4 is 5.56 Å². The molecule has 0 atom stereocenters. The summed E-state index contributed by atoms with van der Waals surface area (Å²) in [5.41, 5.74) is 3.98. The molecule has 1 N–H and O–H groups in total. The third kappa shape index (κ3) is 3.40. The van der Waals surface area contributed by atoms with Crippen LogP contribution in [0.5, 0.6) is 0 Å². The van der Waals surface area contributed by atoms with Gasteiger partial charge >= 0.3 is 0 Å². The van der Waals surface area contributed by atoms with Gasteiger partial charge in [-0.3, -0.25) is 9.59 Å². The molecule has 0 bridgehead atoms. The fourth-order valence-corrected chi connectivity index (χ4v) is 3.40. The van der Waals surface area contributed by atoms with Crippen molar-refractivity contribution >= 4 is 5.91 Å². The zero-order chi connectivity index (χ0) is 18.8. The number of H-pyrrole nitrogens is 1. The van der Waals surface area contributed by atoms with Crippen LogP contribution in [0.15, 0.2) is 59.4 Å². The fourth-order valence-electron chi connectivity index (χ4n) is 3.40. The number of hydrogen-bond donors (Lipinski definition) is 1. The van der Waals surface area contributed by atoms with Gasteiger partial charge in [-0.15, -0.1) is 0 Å². The monoisotopic (exact) mass is 359 g/mol. The van der Waals surface area contributed by atoms with Gasteiger partial charge in [0.2, 0.25) is 0 Å². The van der Waals surface area contributed by atoms with Gasteiger partial charge in [0.15, 0.2) is 0 Å². The molecule has 3 aromatic rings. The van der Waals surface area contributed by atoms with Crippen LogP contribution in [-0.2, 0) is 19.4 Å². The largest absolute Gasteiger partial charge is 0.334 e. The van der Waals surface area contributed by atoms with Gasteiger partial charge in [0.25, 0.3) is 11.5 Å². The number of carbonyl (C=O) groups excluding carboxylic acids is 1. The minimum atomic E-state index is -0.167. The van der Waals surface area contributed by atoms with Crippen molar-refractivity contribution in [3.63, 3.8) is 0 Å². The van der Waals surface area contributed by atoms with Gasteiger partial charge in [-0.1, -0.05) is 49.4 Å². The number of aryl methyl sites for hydroxylation is 1. The lowest BCUT2D eigenvalue weighted by Crippen LogP contribution is -2.39. The Balaban J connectivity index is 1.61. The Bertz CT molecular complexity index is 1020. The molecule has 0 spiro atoms. The second kappa shape index (κ2) is 7.19. The van der Waals surface area contributed by atoms with Crippen molar-refractivity contribution in [2.45, 2.75) is 26.3 Å². The summed E-state index contributed by atoms with van der Waals surface area (Å²) in [6.45, 7) is 2.96. The van der Waals surface area contributed by atoms with Crippen molar-refractivity contribution in [3.05, 3.63) is 87.3 Å². The van der Waals surface area contributed by atoms with Gasteiger partial charge in [0.1, 0.15) is 5.82 Å². The highest BCUT2D eigenvalue weighted by atomic mass is 16.2. The van der Waals surface area contributed by atoms with E-state index in [0.29, 0.717) is 36.5 Å². The first-order valence-electron chi connectivity index (χ1n) is 9.21. The average molecular weight is 359 g/mol. The smallest absolute Gasteiger partial charge is 0.256 e. The lowest BCUT2D eigenvalue weighted by Gasteiger charge is -2.28. The van der Waals surface area contributed by atoms with Crippen molar-refractivity contribution in [2.24, 2.45) is 0 Å². The Hall–Kier alpha value is -3.21. The Morgan fingerprint density at radius 1 is 1.11 bits per heavy atom. The lowest BCUT2D eigenvalue weighted by atomic mass is 10.0. The van der Waals surface area contributed by atoms with Crippen LogP contribution in [0.3, 0.4) is 0 Å². The van der Waals surface area contributed by atoms with E-state index in [4.69, 9.17) is 0 Å². The first-order valence-corrected chi connectivity index (χ1v) is 9.21. The molecule has 0 fully saturated rings. The molecule has 0 aliphatic carbocycles. The van der Waals surface area contributed by atoms with Gasteiger partial charge in [0, 0.05) is 24.1 Å². The minimum absolute atomic E-state index is 0.0557. The number of nitrogens with zero attached hydrogens (tertiary/aromatic N) is 2. The van der Waals surface area contributed by atoms with E-state index in [0.717, 1.165) is 17.7 Å². The molecule has 27 heavy (non-hydrogen) atoms.